The Morgan fingerprint density at radius 2 is 2.04 bits per heavy atom. The van der Waals surface area contributed by atoms with Crippen LogP contribution in [0.5, 0.6) is 0 Å². The zero-order chi connectivity index (χ0) is 16.2. The summed E-state index contributed by atoms with van der Waals surface area (Å²) in [4.78, 5) is 24.3. The van der Waals surface area contributed by atoms with Gasteiger partial charge >= 0.3 is 0 Å². The summed E-state index contributed by atoms with van der Waals surface area (Å²) in [6.45, 7) is 8.39. The molecule has 6 heteroatoms. The summed E-state index contributed by atoms with van der Waals surface area (Å²) in [6.07, 6.45) is 1.78. The minimum Gasteiger partial charge on any atom is -0.338 e. The summed E-state index contributed by atoms with van der Waals surface area (Å²) in [6, 6.07) is 5.92. The Kier molecular flexibility index (Phi) is 5.25. The van der Waals surface area contributed by atoms with Crippen LogP contribution in [0, 0.1) is 0 Å². The zero-order valence-corrected chi connectivity index (χ0v) is 14.1. The number of carbonyl (C=O) groups excluding carboxylic acids is 1. The van der Waals surface area contributed by atoms with Crippen molar-refractivity contribution in [2.24, 2.45) is 0 Å². The van der Waals surface area contributed by atoms with Crippen LogP contribution in [0.3, 0.4) is 0 Å². The molecule has 0 saturated carbocycles. The van der Waals surface area contributed by atoms with Gasteiger partial charge in [-0.1, -0.05) is 6.07 Å². The molecule has 3 rings (SSSR count). The minimum atomic E-state index is -0.267. The van der Waals surface area contributed by atoms with Crippen molar-refractivity contribution in [2.75, 3.05) is 52.9 Å². The van der Waals surface area contributed by atoms with Gasteiger partial charge < -0.3 is 15.1 Å². The van der Waals surface area contributed by atoms with Crippen molar-refractivity contribution in [1.29, 1.82) is 0 Å². The molecule has 2 aliphatic rings. The molecule has 2 unspecified atom stereocenters. The van der Waals surface area contributed by atoms with Crippen LogP contribution >= 0.6 is 0 Å². The third kappa shape index (κ3) is 3.71. The second kappa shape index (κ2) is 7.38. The molecule has 2 atom stereocenters. The van der Waals surface area contributed by atoms with E-state index in [0.717, 1.165) is 51.5 Å². The van der Waals surface area contributed by atoms with E-state index >= 15 is 0 Å². The topological polar surface area (TPSA) is 51.7 Å². The monoisotopic (exact) mass is 317 g/mol. The highest BCUT2D eigenvalue weighted by Gasteiger charge is 2.36. The molecule has 3 heterocycles. The van der Waals surface area contributed by atoms with Gasteiger partial charge in [0.15, 0.2) is 0 Å². The number of aromatic nitrogens is 1. The fourth-order valence-electron chi connectivity index (χ4n) is 3.42. The number of rotatable bonds is 3. The van der Waals surface area contributed by atoms with E-state index in [9.17, 15) is 4.79 Å². The molecular weight excluding hydrogens is 290 g/mol. The molecule has 1 aromatic rings. The lowest BCUT2D eigenvalue weighted by molar-refractivity contribution is -0.140. The van der Waals surface area contributed by atoms with Crippen LogP contribution in [-0.4, -0.2) is 84.5 Å². The van der Waals surface area contributed by atoms with Crippen molar-refractivity contribution in [3.63, 3.8) is 0 Å². The molecule has 0 bridgehead atoms. The van der Waals surface area contributed by atoms with Crippen molar-refractivity contribution in [2.45, 2.75) is 19.0 Å². The van der Waals surface area contributed by atoms with Crippen molar-refractivity contribution in [3.8, 4) is 0 Å². The SMILES string of the molecule is CC1CNCCN1C(C(=O)N1CCN(C)CC1)c1ccccn1. The van der Waals surface area contributed by atoms with Crippen LogP contribution in [-0.2, 0) is 4.79 Å². The lowest BCUT2D eigenvalue weighted by Crippen LogP contribution is -2.56. The van der Waals surface area contributed by atoms with Gasteiger partial charge in [0.1, 0.15) is 6.04 Å². The Balaban J connectivity index is 1.84. The van der Waals surface area contributed by atoms with Gasteiger partial charge in [-0.2, -0.15) is 0 Å². The minimum absolute atomic E-state index is 0.200. The molecule has 126 valence electrons. The van der Waals surface area contributed by atoms with Crippen molar-refractivity contribution < 1.29 is 4.79 Å². The number of hydrogen-bond acceptors (Lipinski definition) is 5. The highest BCUT2D eigenvalue weighted by atomic mass is 16.2. The largest absolute Gasteiger partial charge is 0.338 e. The Bertz CT molecular complexity index is 515. The second-order valence-corrected chi connectivity index (χ2v) is 6.58. The maximum Gasteiger partial charge on any atom is 0.246 e. The van der Waals surface area contributed by atoms with E-state index in [4.69, 9.17) is 0 Å². The predicted molar refractivity (Wildman–Crippen MR) is 90.1 cm³/mol. The normalized spacial score (nSPS) is 25.3. The fraction of sp³-hybridized carbons (Fsp3) is 0.647. The Morgan fingerprint density at radius 3 is 2.70 bits per heavy atom. The number of hydrogen-bond donors (Lipinski definition) is 1. The van der Waals surface area contributed by atoms with Crippen LogP contribution in [0.25, 0.3) is 0 Å². The maximum atomic E-state index is 13.3. The molecule has 2 fully saturated rings. The Morgan fingerprint density at radius 1 is 1.26 bits per heavy atom. The molecule has 1 N–H and O–H groups in total. The van der Waals surface area contributed by atoms with E-state index in [0.29, 0.717) is 6.04 Å². The van der Waals surface area contributed by atoms with Crippen LogP contribution < -0.4 is 5.32 Å². The number of nitrogens with one attached hydrogen (secondary N) is 1. The molecule has 0 aromatic carbocycles. The third-order valence-electron chi connectivity index (χ3n) is 4.90. The van der Waals surface area contributed by atoms with Crippen molar-refractivity contribution in [1.82, 2.24) is 25.0 Å². The first-order valence-corrected chi connectivity index (χ1v) is 8.51. The number of amides is 1. The van der Waals surface area contributed by atoms with Crippen LogP contribution in [0.4, 0.5) is 0 Å². The quantitative estimate of drug-likeness (QED) is 0.862. The van der Waals surface area contributed by atoms with Crippen LogP contribution in [0.2, 0.25) is 0 Å². The first-order valence-electron chi connectivity index (χ1n) is 8.51. The predicted octanol–water partition coefficient (Wildman–Crippen LogP) is 0.190. The van der Waals surface area contributed by atoms with Gasteiger partial charge in [-0.25, -0.2) is 0 Å². The smallest absolute Gasteiger partial charge is 0.246 e. The summed E-state index contributed by atoms with van der Waals surface area (Å²) in [5.41, 5.74) is 0.866. The summed E-state index contributed by atoms with van der Waals surface area (Å²) < 4.78 is 0. The third-order valence-corrected chi connectivity index (χ3v) is 4.90. The maximum absolute atomic E-state index is 13.3. The number of nitrogens with zero attached hydrogens (tertiary/aromatic N) is 4. The Labute approximate surface area is 138 Å². The van der Waals surface area contributed by atoms with Crippen LogP contribution in [0.1, 0.15) is 18.7 Å². The summed E-state index contributed by atoms with van der Waals surface area (Å²) in [5.74, 6) is 0.200. The highest BCUT2D eigenvalue weighted by Crippen LogP contribution is 2.25. The van der Waals surface area contributed by atoms with E-state index in [1.165, 1.54) is 0 Å². The first-order chi connectivity index (χ1) is 11.2. The lowest BCUT2D eigenvalue weighted by atomic mass is 10.0. The van der Waals surface area contributed by atoms with Gasteiger partial charge in [0.05, 0.1) is 5.69 Å². The molecule has 2 saturated heterocycles. The molecule has 0 spiro atoms. The number of pyridine rings is 1. The van der Waals surface area contributed by atoms with Gasteiger partial charge in [0.25, 0.3) is 0 Å². The molecule has 23 heavy (non-hydrogen) atoms. The first kappa shape index (κ1) is 16.4. The molecule has 6 nitrogen and oxygen atoms in total. The fourth-order valence-corrected chi connectivity index (χ4v) is 3.42. The zero-order valence-electron chi connectivity index (χ0n) is 14.1. The molecule has 0 radical (unpaired) electrons. The van der Waals surface area contributed by atoms with Crippen LogP contribution in [0.15, 0.2) is 24.4 Å². The van der Waals surface area contributed by atoms with Crippen molar-refractivity contribution >= 4 is 5.91 Å². The second-order valence-electron chi connectivity index (χ2n) is 6.58. The molecular formula is C17H27N5O. The summed E-state index contributed by atoms with van der Waals surface area (Å²) >= 11 is 0. The lowest BCUT2D eigenvalue weighted by Gasteiger charge is -2.42. The van der Waals surface area contributed by atoms with E-state index < -0.39 is 0 Å². The van der Waals surface area contributed by atoms with E-state index in [-0.39, 0.29) is 11.9 Å². The number of carbonyl (C=O) groups is 1. The molecule has 2 aliphatic heterocycles. The average molecular weight is 317 g/mol. The van der Waals surface area contributed by atoms with E-state index in [1.807, 2.05) is 23.1 Å². The summed E-state index contributed by atoms with van der Waals surface area (Å²) in [5, 5.41) is 3.40. The highest BCUT2D eigenvalue weighted by molar-refractivity contribution is 5.83. The standard InChI is InChI=1S/C17H27N5O/c1-14-13-18-7-8-22(14)16(15-5-3-4-6-19-15)17(23)21-11-9-20(2)10-12-21/h3-6,14,16,18H,7-13H2,1-2H3. The molecule has 1 aromatic heterocycles. The van der Waals surface area contributed by atoms with E-state index in [1.54, 1.807) is 6.20 Å². The average Bonchev–Trinajstić information content (AvgIpc) is 2.58. The van der Waals surface area contributed by atoms with E-state index in [2.05, 4.69) is 34.1 Å². The number of likely N-dealkylation sites (N-methyl/N-ethyl adjacent to an activating group) is 1. The van der Waals surface area contributed by atoms with Crippen molar-refractivity contribution in [3.05, 3.63) is 30.1 Å². The number of piperazine rings is 2. The molecule has 0 aliphatic carbocycles. The van der Waals surface area contributed by atoms with Gasteiger partial charge in [-0.15, -0.1) is 0 Å². The van der Waals surface area contributed by atoms with Gasteiger partial charge in [-0.05, 0) is 26.1 Å². The van der Waals surface area contributed by atoms with Gasteiger partial charge in [-0.3, -0.25) is 14.7 Å². The Hall–Kier alpha value is -1.50. The summed E-state index contributed by atoms with van der Waals surface area (Å²) in [7, 11) is 2.11. The van der Waals surface area contributed by atoms with Gasteiger partial charge in [0, 0.05) is 58.1 Å². The van der Waals surface area contributed by atoms with Gasteiger partial charge in [0.2, 0.25) is 5.91 Å². The molecule has 1 amide bonds.